The number of esters is 1. The molecule has 0 aromatic heterocycles. The first kappa shape index (κ1) is 18.9. The Morgan fingerprint density at radius 2 is 1.84 bits per heavy atom. The quantitative estimate of drug-likeness (QED) is 0.443. The first-order chi connectivity index (χ1) is 11.7. The molecule has 0 saturated heterocycles. The van der Waals surface area contributed by atoms with E-state index in [9.17, 15) is 23.3 Å². The number of carbonyl (C=O) groups excluding carboxylic acids is 1. The Balaban J connectivity index is 2.50. The summed E-state index contributed by atoms with van der Waals surface area (Å²) in [7, 11) is -2.86. The van der Waals surface area contributed by atoms with Gasteiger partial charge in [0, 0.05) is 10.5 Å². The number of ether oxygens (including phenoxy) is 1. The van der Waals surface area contributed by atoms with Crippen molar-refractivity contribution >= 4 is 43.3 Å². The van der Waals surface area contributed by atoms with E-state index in [-0.39, 0.29) is 20.6 Å². The van der Waals surface area contributed by atoms with Crippen LogP contribution in [0.5, 0.6) is 0 Å². The number of anilines is 1. The number of aryl methyl sites for hydroxylation is 1. The summed E-state index contributed by atoms with van der Waals surface area (Å²) in [5.74, 6) is -0.949. The van der Waals surface area contributed by atoms with Crippen LogP contribution < -0.4 is 4.72 Å². The van der Waals surface area contributed by atoms with Crippen molar-refractivity contribution in [2.24, 2.45) is 0 Å². The van der Waals surface area contributed by atoms with Crippen LogP contribution in [-0.4, -0.2) is 26.4 Å². The number of methoxy groups -OCH3 is 1. The zero-order chi connectivity index (χ0) is 18.8. The van der Waals surface area contributed by atoms with Gasteiger partial charge < -0.3 is 4.74 Å². The van der Waals surface area contributed by atoms with Crippen molar-refractivity contribution in [3.8, 4) is 0 Å². The smallest absolute Gasteiger partial charge is 0.344 e. The summed E-state index contributed by atoms with van der Waals surface area (Å²) in [5, 5.41) is 11.1. The van der Waals surface area contributed by atoms with Crippen molar-refractivity contribution in [1.29, 1.82) is 0 Å². The third kappa shape index (κ3) is 4.15. The van der Waals surface area contributed by atoms with Gasteiger partial charge in [0.25, 0.3) is 15.7 Å². The SMILES string of the molecule is COC(=O)c1cc(NS(=O)(=O)c2ccc(C)cc2)c(Br)cc1[N+](=O)[O-]. The number of nitro groups is 1. The van der Waals surface area contributed by atoms with E-state index in [2.05, 4.69) is 25.4 Å². The molecule has 0 aliphatic rings. The van der Waals surface area contributed by atoms with Gasteiger partial charge >= 0.3 is 5.97 Å². The maximum absolute atomic E-state index is 12.5. The van der Waals surface area contributed by atoms with Crippen molar-refractivity contribution in [2.75, 3.05) is 11.8 Å². The molecule has 0 spiro atoms. The summed E-state index contributed by atoms with van der Waals surface area (Å²) in [4.78, 5) is 22.1. The van der Waals surface area contributed by atoms with E-state index in [4.69, 9.17) is 0 Å². The summed E-state index contributed by atoms with van der Waals surface area (Å²) in [6.45, 7) is 1.82. The minimum atomic E-state index is -3.94. The van der Waals surface area contributed by atoms with Crippen LogP contribution in [0.25, 0.3) is 0 Å². The molecule has 0 unspecified atom stereocenters. The fraction of sp³-hybridized carbons (Fsp3) is 0.133. The molecular formula is C15H13BrN2O6S. The molecule has 0 fully saturated rings. The lowest BCUT2D eigenvalue weighted by Crippen LogP contribution is -2.15. The van der Waals surface area contributed by atoms with Crippen LogP contribution in [0.3, 0.4) is 0 Å². The number of rotatable bonds is 5. The molecule has 8 nitrogen and oxygen atoms in total. The monoisotopic (exact) mass is 428 g/mol. The lowest BCUT2D eigenvalue weighted by molar-refractivity contribution is -0.385. The van der Waals surface area contributed by atoms with Crippen LogP contribution in [-0.2, 0) is 14.8 Å². The second kappa shape index (κ2) is 7.19. The third-order valence-electron chi connectivity index (χ3n) is 3.26. The van der Waals surface area contributed by atoms with Crippen LogP contribution in [0.15, 0.2) is 45.8 Å². The highest BCUT2D eigenvalue weighted by Crippen LogP contribution is 2.33. The number of hydrogen-bond acceptors (Lipinski definition) is 6. The van der Waals surface area contributed by atoms with Gasteiger partial charge in [-0.05, 0) is 41.1 Å². The summed E-state index contributed by atoms with van der Waals surface area (Å²) in [6.07, 6.45) is 0. The van der Waals surface area contributed by atoms with Crippen molar-refractivity contribution in [1.82, 2.24) is 0 Å². The predicted octanol–water partition coefficient (Wildman–Crippen LogP) is 3.25. The topological polar surface area (TPSA) is 116 Å². The highest BCUT2D eigenvalue weighted by atomic mass is 79.9. The molecule has 2 aromatic carbocycles. The number of hydrogen-bond donors (Lipinski definition) is 1. The molecule has 10 heteroatoms. The molecule has 132 valence electrons. The molecule has 0 amide bonds. The Morgan fingerprint density at radius 1 is 1.24 bits per heavy atom. The number of sulfonamides is 1. The largest absolute Gasteiger partial charge is 0.465 e. The second-order valence-corrected chi connectivity index (χ2v) is 7.55. The van der Waals surface area contributed by atoms with Crippen molar-refractivity contribution in [2.45, 2.75) is 11.8 Å². The van der Waals surface area contributed by atoms with Gasteiger partial charge in [-0.25, -0.2) is 13.2 Å². The highest BCUT2D eigenvalue weighted by molar-refractivity contribution is 9.10. The summed E-state index contributed by atoms with van der Waals surface area (Å²) >= 11 is 3.07. The van der Waals surface area contributed by atoms with Crippen LogP contribution >= 0.6 is 15.9 Å². The number of nitrogens with one attached hydrogen (secondary N) is 1. The van der Waals surface area contributed by atoms with Gasteiger partial charge in [0.05, 0.1) is 22.6 Å². The molecule has 0 atom stereocenters. The molecule has 0 heterocycles. The zero-order valence-electron chi connectivity index (χ0n) is 13.1. The van der Waals surface area contributed by atoms with E-state index in [0.717, 1.165) is 24.8 Å². The molecule has 0 saturated carbocycles. The van der Waals surface area contributed by atoms with Gasteiger partial charge in [0.1, 0.15) is 5.56 Å². The lowest BCUT2D eigenvalue weighted by atomic mass is 10.1. The molecule has 2 aromatic rings. The molecule has 0 radical (unpaired) electrons. The number of nitrogens with zero attached hydrogens (tertiary/aromatic N) is 1. The minimum absolute atomic E-state index is 0.0166. The zero-order valence-corrected chi connectivity index (χ0v) is 15.5. The molecular weight excluding hydrogens is 416 g/mol. The van der Waals surface area contributed by atoms with E-state index in [0.29, 0.717) is 0 Å². The van der Waals surface area contributed by atoms with E-state index in [1.165, 1.54) is 12.1 Å². The average Bonchev–Trinajstić information content (AvgIpc) is 2.55. The summed E-state index contributed by atoms with van der Waals surface area (Å²) in [5.41, 5.74) is 0.00401. The highest BCUT2D eigenvalue weighted by Gasteiger charge is 2.25. The Hall–Kier alpha value is -2.46. The average molecular weight is 429 g/mol. The van der Waals surface area contributed by atoms with Gasteiger partial charge in [-0.2, -0.15) is 0 Å². The fourth-order valence-electron chi connectivity index (χ4n) is 1.99. The summed E-state index contributed by atoms with van der Waals surface area (Å²) in [6, 6.07) is 8.23. The van der Waals surface area contributed by atoms with Gasteiger partial charge in [-0.3, -0.25) is 14.8 Å². The maximum atomic E-state index is 12.5. The molecule has 25 heavy (non-hydrogen) atoms. The summed E-state index contributed by atoms with van der Waals surface area (Å²) < 4.78 is 31.8. The van der Waals surface area contributed by atoms with E-state index in [1.807, 2.05) is 6.92 Å². The molecule has 0 bridgehead atoms. The minimum Gasteiger partial charge on any atom is -0.465 e. The standard InChI is InChI=1S/C15H13BrN2O6S/c1-9-3-5-10(6-4-9)25(22,23)17-13-7-11(15(19)24-2)14(18(20)21)8-12(13)16/h3-8,17H,1-2H3. The maximum Gasteiger partial charge on any atom is 0.344 e. The van der Waals surface area contributed by atoms with Crippen LogP contribution in [0.1, 0.15) is 15.9 Å². The number of nitro benzene ring substituents is 1. The molecule has 0 aliphatic carbocycles. The van der Waals surface area contributed by atoms with Crippen molar-refractivity contribution < 1.29 is 22.9 Å². The van der Waals surface area contributed by atoms with Gasteiger partial charge in [-0.15, -0.1) is 0 Å². The van der Waals surface area contributed by atoms with Gasteiger partial charge in [0.2, 0.25) is 0 Å². The van der Waals surface area contributed by atoms with E-state index in [1.54, 1.807) is 12.1 Å². The second-order valence-electron chi connectivity index (χ2n) is 5.02. The van der Waals surface area contributed by atoms with Crippen LogP contribution in [0.2, 0.25) is 0 Å². The first-order valence-electron chi connectivity index (χ1n) is 6.81. The number of halogens is 1. The number of carbonyl (C=O) groups is 1. The molecule has 2 rings (SSSR count). The van der Waals surface area contributed by atoms with E-state index >= 15 is 0 Å². The predicted molar refractivity (Wildman–Crippen MR) is 94.1 cm³/mol. The lowest BCUT2D eigenvalue weighted by Gasteiger charge is -2.11. The van der Waals surface area contributed by atoms with Gasteiger partial charge in [-0.1, -0.05) is 17.7 Å². The third-order valence-corrected chi connectivity index (χ3v) is 5.30. The van der Waals surface area contributed by atoms with Crippen molar-refractivity contribution in [3.05, 3.63) is 62.1 Å². The van der Waals surface area contributed by atoms with Gasteiger partial charge in [0.15, 0.2) is 0 Å². The number of benzene rings is 2. The Labute approximate surface area is 152 Å². The Kier molecular flexibility index (Phi) is 5.43. The first-order valence-corrected chi connectivity index (χ1v) is 9.09. The molecule has 0 aliphatic heterocycles. The molecule has 1 N–H and O–H groups in total. The van der Waals surface area contributed by atoms with Crippen LogP contribution in [0.4, 0.5) is 11.4 Å². The normalized spacial score (nSPS) is 11.0. The Morgan fingerprint density at radius 3 is 2.36 bits per heavy atom. The Bertz CT molecular complexity index is 941. The van der Waals surface area contributed by atoms with Crippen LogP contribution in [0, 0.1) is 17.0 Å². The fourth-order valence-corrected chi connectivity index (χ4v) is 3.62. The van der Waals surface area contributed by atoms with E-state index < -0.39 is 26.6 Å². The van der Waals surface area contributed by atoms with Crippen molar-refractivity contribution in [3.63, 3.8) is 0 Å².